The summed E-state index contributed by atoms with van der Waals surface area (Å²) in [5.41, 5.74) is 12.9. The second-order valence-electron chi connectivity index (χ2n) is 3.93. The number of carbonyl (C=O) groups excluding carboxylic acids is 1. The van der Waals surface area contributed by atoms with Crippen molar-refractivity contribution < 1.29 is 9.53 Å². The monoisotopic (exact) mass is 251 g/mol. The lowest BCUT2D eigenvalue weighted by Gasteiger charge is -2.21. The Labute approximate surface area is 108 Å². The van der Waals surface area contributed by atoms with Crippen molar-refractivity contribution >= 4 is 17.3 Å². The quantitative estimate of drug-likeness (QED) is 0.590. The van der Waals surface area contributed by atoms with Gasteiger partial charge in [0.2, 0.25) is 0 Å². The molecule has 5 heteroatoms. The molecule has 100 valence electrons. The summed E-state index contributed by atoms with van der Waals surface area (Å²) in [6, 6.07) is 4.94. The van der Waals surface area contributed by atoms with Crippen molar-refractivity contribution in [3.8, 4) is 0 Å². The Kier molecular flexibility index (Phi) is 5.45. The number of carbonyl (C=O) groups is 1. The molecule has 0 fully saturated rings. The summed E-state index contributed by atoms with van der Waals surface area (Å²) in [4.78, 5) is 14.0. The first-order valence-electron chi connectivity index (χ1n) is 6.12. The van der Waals surface area contributed by atoms with E-state index in [-0.39, 0.29) is 5.91 Å². The number of nitrogens with zero attached hydrogens (tertiary/aromatic N) is 1. The van der Waals surface area contributed by atoms with Crippen LogP contribution < -0.4 is 11.5 Å². The molecule has 0 aliphatic heterocycles. The molecule has 0 aromatic heterocycles. The van der Waals surface area contributed by atoms with Gasteiger partial charge in [0.15, 0.2) is 0 Å². The van der Waals surface area contributed by atoms with Crippen LogP contribution >= 0.6 is 0 Å². The van der Waals surface area contributed by atoms with Crippen LogP contribution in [0.3, 0.4) is 0 Å². The van der Waals surface area contributed by atoms with E-state index >= 15 is 0 Å². The van der Waals surface area contributed by atoms with Gasteiger partial charge in [-0.2, -0.15) is 0 Å². The fourth-order valence-electron chi connectivity index (χ4n) is 1.67. The van der Waals surface area contributed by atoms with Crippen molar-refractivity contribution in [2.45, 2.75) is 13.8 Å². The molecule has 0 saturated heterocycles. The highest BCUT2D eigenvalue weighted by atomic mass is 16.5. The van der Waals surface area contributed by atoms with Gasteiger partial charge in [0.1, 0.15) is 0 Å². The zero-order chi connectivity index (χ0) is 13.5. The Balaban J connectivity index is 2.76. The summed E-state index contributed by atoms with van der Waals surface area (Å²) in [5.74, 6) is -0.0882. The van der Waals surface area contributed by atoms with E-state index in [1.54, 1.807) is 23.1 Å². The summed E-state index contributed by atoms with van der Waals surface area (Å²) in [7, 11) is 0. The topological polar surface area (TPSA) is 81.6 Å². The molecule has 0 saturated carbocycles. The van der Waals surface area contributed by atoms with Crippen LogP contribution in [-0.2, 0) is 4.74 Å². The van der Waals surface area contributed by atoms with Crippen LogP contribution in [0.1, 0.15) is 24.2 Å². The molecule has 0 spiro atoms. The first-order chi connectivity index (χ1) is 8.60. The molecular formula is C13H21N3O2. The summed E-state index contributed by atoms with van der Waals surface area (Å²) in [6.45, 7) is 6.22. The zero-order valence-electron chi connectivity index (χ0n) is 11.0. The van der Waals surface area contributed by atoms with Gasteiger partial charge >= 0.3 is 0 Å². The van der Waals surface area contributed by atoms with Crippen molar-refractivity contribution in [2.75, 3.05) is 37.8 Å². The molecule has 1 rings (SSSR count). The molecule has 4 N–H and O–H groups in total. The molecule has 0 aliphatic rings. The molecule has 18 heavy (non-hydrogen) atoms. The van der Waals surface area contributed by atoms with Crippen LogP contribution in [0, 0.1) is 0 Å². The third kappa shape index (κ3) is 3.63. The average Bonchev–Trinajstić information content (AvgIpc) is 2.34. The van der Waals surface area contributed by atoms with Crippen molar-refractivity contribution in [2.24, 2.45) is 0 Å². The van der Waals surface area contributed by atoms with Gasteiger partial charge in [-0.05, 0) is 32.0 Å². The Bertz CT molecular complexity index is 407. The molecule has 0 aliphatic carbocycles. The summed E-state index contributed by atoms with van der Waals surface area (Å²) < 4.78 is 5.26. The maximum absolute atomic E-state index is 12.3. The lowest BCUT2D eigenvalue weighted by molar-refractivity contribution is 0.0670. The Hall–Kier alpha value is -1.75. The van der Waals surface area contributed by atoms with E-state index in [9.17, 15) is 4.79 Å². The van der Waals surface area contributed by atoms with Gasteiger partial charge in [0, 0.05) is 31.1 Å². The predicted octanol–water partition coefficient (Wildman–Crippen LogP) is 1.35. The normalized spacial score (nSPS) is 10.3. The minimum Gasteiger partial charge on any atom is -0.399 e. The molecule has 5 nitrogen and oxygen atoms in total. The maximum Gasteiger partial charge on any atom is 0.256 e. The van der Waals surface area contributed by atoms with Crippen LogP contribution in [0.5, 0.6) is 0 Å². The van der Waals surface area contributed by atoms with E-state index in [2.05, 4.69) is 0 Å². The fraction of sp³-hybridized carbons (Fsp3) is 0.462. The molecule has 1 aromatic carbocycles. The number of amides is 1. The third-order valence-electron chi connectivity index (χ3n) is 2.68. The van der Waals surface area contributed by atoms with Crippen molar-refractivity contribution in [1.82, 2.24) is 4.90 Å². The van der Waals surface area contributed by atoms with Crippen molar-refractivity contribution in [3.63, 3.8) is 0 Å². The van der Waals surface area contributed by atoms with Gasteiger partial charge in [-0.15, -0.1) is 0 Å². The Morgan fingerprint density at radius 1 is 1.33 bits per heavy atom. The third-order valence-corrected chi connectivity index (χ3v) is 2.68. The second kappa shape index (κ2) is 6.86. The molecule has 0 unspecified atom stereocenters. The van der Waals surface area contributed by atoms with Crippen molar-refractivity contribution in [1.29, 1.82) is 0 Å². The van der Waals surface area contributed by atoms with Crippen LogP contribution in [0.25, 0.3) is 0 Å². The van der Waals surface area contributed by atoms with Gasteiger partial charge in [-0.3, -0.25) is 4.79 Å². The van der Waals surface area contributed by atoms with Crippen LogP contribution in [0.4, 0.5) is 11.4 Å². The van der Waals surface area contributed by atoms with Crippen LogP contribution in [-0.4, -0.2) is 37.1 Å². The van der Waals surface area contributed by atoms with Crippen LogP contribution in [0.2, 0.25) is 0 Å². The minimum atomic E-state index is -0.0882. The molecular weight excluding hydrogens is 230 g/mol. The predicted molar refractivity (Wildman–Crippen MR) is 73.3 cm³/mol. The molecule has 0 atom stereocenters. The lowest BCUT2D eigenvalue weighted by Crippen LogP contribution is -2.34. The second-order valence-corrected chi connectivity index (χ2v) is 3.93. The standard InChI is InChI=1S/C13H21N3O2/c1-3-16(7-8-18-4-2)13(17)11-6-5-10(14)9-12(11)15/h5-6,9H,3-4,7-8,14-15H2,1-2H3. The Morgan fingerprint density at radius 2 is 2.06 bits per heavy atom. The van der Waals surface area contributed by atoms with Gasteiger partial charge < -0.3 is 21.1 Å². The first-order valence-corrected chi connectivity index (χ1v) is 6.12. The number of benzene rings is 1. The Morgan fingerprint density at radius 3 is 2.61 bits per heavy atom. The molecule has 0 heterocycles. The number of hydrogen-bond acceptors (Lipinski definition) is 4. The highest BCUT2D eigenvalue weighted by Gasteiger charge is 2.16. The number of ether oxygens (including phenoxy) is 1. The smallest absolute Gasteiger partial charge is 0.256 e. The highest BCUT2D eigenvalue weighted by molar-refractivity contribution is 5.99. The molecule has 0 radical (unpaired) electrons. The zero-order valence-corrected chi connectivity index (χ0v) is 11.0. The molecule has 1 aromatic rings. The number of nitrogens with two attached hydrogens (primary N) is 2. The van der Waals surface area contributed by atoms with E-state index in [1.165, 1.54) is 0 Å². The summed E-state index contributed by atoms with van der Waals surface area (Å²) >= 11 is 0. The van der Waals surface area contributed by atoms with E-state index in [0.717, 1.165) is 0 Å². The number of hydrogen-bond donors (Lipinski definition) is 2. The number of likely N-dealkylation sites (N-methyl/N-ethyl adjacent to an activating group) is 1. The van der Waals surface area contributed by atoms with E-state index in [0.29, 0.717) is 43.2 Å². The van der Waals surface area contributed by atoms with Crippen molar-refractivity contribution in [3.05, 3.63) is 23.8 Å². The largest absolute Gasteiger partial charge is 0.399 e. The van der Waals surface area contributed by atoms with E-state index < -0.39 is 0 Å². The van der Waals surface area contributed by atoms with E-state index in [1.807, 2.05) is 13.8 Å². The van der Waals surface area contributed by atoms with E-state index in [4.69, 9.17) is 16.2 Å². The number of rotatable bonds is 6. The molecule has 0 bridgehead atoms. The van der Waals surface area contributed by atoms with Gasteiger partial charge in [-0.1, -0.05) is 0 Å². The first kappa shape index (κ1) is 14.3. The van der Waals surface area contributed by atoms with Gasteiger partial charge in [-0.25, -0.2) is 0 Å². The van der Waals surface area contributed by atoms with Gasteiger partial charge in [0.25, 0.3) is 5.91 Å². The minimum absolute atomic E-state index is 0.0882. The fourth-order valence-corrected chi connectivity index (χ4v) is 1.67. The average molecular weight is 251 g/mol. The number of nitrogen functional groups attached to an aromatic ring is 2. The maximum atomic E-state index is 12.3. The summed E-state index contributed by atoms with van der Waals surface area (Å²) in [5, 5.41) is 0. The lowest BCUT2D eigenvalue weighted by atomic mass is 10.1. The summed E-state index contributed by atoms with van der Waals surface area (Å²) in [6.07, 6.45) is 0. The number of anilines is 2. The van der Waals surface area contributed by atoms with Crippen LogP contribution in [0.15, 0.2) is 18.2 Å². The highest BCUT2D eigenvalue weighted by Crippen LogP contribution is 2.17. The molecule has 1 amide bonds. The SMILES string of the molecule is CCOCCN(CC)C(=O)c1ccc(N)cc1N. The van der Waals surface area contributed by atoms with Gasteiger partial charge in [0.05, 0.1) is 12.2 Å².